The van der Waals surface area contributed by atoms with Gasteiger partial charge in [0.2, 0.25) is 0 Å². The van der Waals surface area contributed by atoms with Gasteiger partial charge < -0.3 is 20.1 Å². The molecule has 2 rings (SSSR count). The van der Waals surface area contributed by atoms with Crippen LogP contribution in [0.25, 0.3) is 0 Å². The maximum atomic E-state index is 10.8. The highest BCUT2D eigenvalue weighted by molar-refractivity contribution is 5.69. The number of nitrogens with one attached hydrogen (secondary N) is 2. The average molecular weight is 264 g/mol. The molecule has 104 valence electrons. The van der Waals surface area contributed by atoms with E-state index in [0.717, 1.165) is 12.3 Å². The van der Waals surface area contributed by atoms with E-state index in [9.17, 15) is 4.79 Å². The molecule has 0 spiro atoms. The molecule has 1 aliphatic heterocycles. The lowest BCUT2D eigenvalue weighted by molar-refractivity contribution is 0.105. The molecule has 1 saturated heterocycles. The molecule has 1 aromatic rings. The molecule has 5 heteroatoms. The van der Waals surface area contributed by atoms with Crippen molar-refractivity contribution in [1.82, 2.24) is 10.6 Å². The van der Waals surface area contributed by atoms with Crippen LogP contribution < -0.4 is 15.4 Å². The first-order valence-electron chi connectivity index (χ1n) is 6.53. The molecule has 0 bridgehead atoms. The first kappa shape index (κ1) is 13.7. The molecule has 0 aliphatic carbocycles. The molecule has 19 heavy (non-hydrogen) atoms. The topological polar surface area (TPSA) is 59.6 Å². The van der Waals surface area contributed by atoms with Gasteiger partial charge in [0.25, 0.3) is 0 Å². The third kappa shape index (κ3) is 4.44. The summed E-state index contributed by atoms with van der Waals surface area (Å²) in [6, 6.07) is 8.40. The Bertz CT molecular complexity index is 417. The van der Waals surface area contributed by atoms with Crippen LogP contribution in [0, 0.1) is 0 Å². The highest BCUT2D eigenvalue weighted by Gasteiger charge is 2.22. The van der Waals surface area contributed by atoms with Crippen molar-refractivity contribution in [1.29, 1.82) is 0 Å². The van der Waals surface area contributed by atoms with Crippen LogP contribution in [0.1, 0.15) is 19.4 Å². The van der Waals surface area contributed by atoms with E-state index in [1.807, 2.05) is 24.3 Å². The Kier molecular flexibility index (Phi) is 4.63. The second-order valence-corrected chi connectivity index (χ2v) is 4.90. The fourth-order valence-corrected chi connectivity index (χ4v) is 1.74. The van der Waals surface area contributed by atoms with Gasteiger partial charge in [-0.05, 0) is 17.7 Å². The summed E-state index contributed by atoms with van der Waals surface area (Å²) < 4.78 is 10.6. The third-order valence-corrected chi connectivity index (χ3v) is 2.82. The van der Waals surface area contributed by atoms with Crippen LogP contribution in [0.5, 0.6) is 5.75 Å². The lowest BCUT2D eigenvalue weighted by atomic mass is 10.2. The van der Waals surface area contributed by atoms with Crippen LogP contribution in [-0.2, 0) is 11.3 Å². The van der Waals surface area contributed by atoms with Crippen LogP contribution in [0.2, 0.25) is 0 Å². The lowest BCUT2D eigenvalue weighted by Crippen LogP contribution is -2.22. The minimum Gasteiger partial charge on any atom is -0.490 e. The van der Waals surface area contributed by atoms with Crippen LogP contribution in [0.15, 0.2) is 24.3 Å². The van der Waals surface area contributed by atoms with Crippen LogP contribution in [0.3, 0.4) is 0 Å². The number of carbonyl (C=O) groups excluding carboxylic acids is 1. The van der Waals surface area contributed by atoms with Gasteiger partial charge in [-0.2, -0.15) is 0 Å². The maximum absolute atomic E-state index is 10.8. The van der Waals surface area contributed by atoms with Crippen LogP contribution in [0.4, 0.5) is 4.79 Å². The summed E-state index contributed by atoms with van der Waals surface area (Å²) in [4.78, 5) is 10.8. The van der Waals surface area contributed by atoms with Gasteiger partial charge in [-0.25, -0.2) is 4.79 Å². The number of carbonyl (C=O) groups is 1. The van der Waals surface area contributed by atoms with Gasteiger partial charge in [0.1, 0.15) is 12.4 Å². The maximum Gasteiger partial charge on any atom is 0.407 e. The Hall–Kier alpha value is -1.75. The summed E-state index contributed by atoms with van der Waals surface area (Å²) in [5, 5.41) is 5.95. The number of cyclic esters (lactones) is 1. The van der Waals surface area contributed by atoms with Gasteiger partial charge in [0, 0.05) is 12.6 Å². The molecule has 1 atom stereocenters. The monoisotopic (exact) mass is 264 g/mol. The largest absolute Gasteiger partial charge is 0.490 e. The summed E-state index contributed by atoms with van der Waals surface area (Å²) >= 11 is 0. The lowest BCUT2D eigenvalue weighted by Gasteiger charge is -2.11. The van der Waals surface area contributed by atoms with Crippen molar-refractivity contribution < 1.29 is 14.3 Å². The van der Waals surface area contributed by atoms with Crippen molar-refractivity contribution in [3.63, 3.8) is 0 Å². The van der Waals surface area contributed by atoms with E-state index in [2.05, 4.69) is 24.5 Å². The van der Waals surface area contributed by atoms with E-state index in [4.69, 9.17) is 9.47 Å². The van der Waals surface area contributed by atoms with Crippen LogP contribution in [-0.4, -0.2) is 31.4 Å². The van der Waals surface area contributed by atoms with E-state index in [-0.39, 0.29) is 12.2 Å². The molecule has 1 fully saturated rings. The van der Waals surface area contributed by atoms with Crippen molar-refractivity contribution in [3.05, 3.63) is 29.8 Å². The molecule has 1 aromatic carbocycles. The smallest absolute Gasteiger partial charge is 0.407 e. The fourth-order valence-electron chi connectivity index (χ4n) is 1.74. The minimum atomic E-state index is -0.372. The molecule has 0 saturated carbocycles. The minimum absolute atomic E-state index is 0.199. The molecule has 1 aliphatic rings. The van der Waals surface area contributed by atoms with Gasteiger partial charge >= 0.3 is 6.09 Å². The molecule has 1 amide bonds. The van der Waals surface area contributed by atoms with Crippen molar-refractivity contribution >= 4 is 6.09 Å². The van der Waals surface area contributed by atoms with Gasteiger partial charge in [0.15, 0.2) is 6.10 Å². The Labute approximate surface area is 113 Å². The van der Waals surface area contributed by atoms with Crippen molar-refractivity contribution in [2.24, 2.45) is 0 Å². The van der Waals surface area contributed by atoms with Crippen LogP contribution >= 0.6 is 0 Å². The molecule has 2 N–H and O–H groups in total. The number of amides is 1. The second kappa shape index (κ2) is 6.43. The van der Waals surface area contributed by atoms with Gasteiger partial charge in [-0.3, -0.25) is 0 Å². The first-order chi connectivity index (χ1) is 9.13. The summed E-state index contributed by atoms with van der Waals surface area (Å²) in [6.07, 6.45) is -0.571. The zero-order valence-electron chi connectivity index (χ0n) is 11.3. The molecule has 0 aromatic heterocycles. The van der Waals surface area contributed by atoms with E-state index < -0.39 is 0 Å². The first-order valence-corrected chi connectivity index (χ1v) is 6.53. The summed E-state index contributed by atoms with van der Waals surface area (Å²) in [6.45, 7) is 5.97. The average Bonchev–Trinajstić information content (AvgIpc) is 2.81. The van der Waals surface area contributed by atoms with E-state index in [0.29, 0.717) is 19.2 Å². The highest BCUT2D eigenvalue weighted by Crippen LogP contribution is 2.13. The molecule has 0 radical (unpaired) electrons. The van der Waals surface area contributed by atoms with E-state index >= 15 is 0 Å². The van der Waals surface area contributed by atoms with Gasteiger partial charge in [-0.15, -0.1) is 0 Å². The molecular weight excluding hydrogens is 244 g/mol. The Morgan fingerprint density at radius 1 is 1.42 bits per heavy atom. The Balaban J connectivity index is 1.76. The number of alkyl carbamates (subject to hydrolysis) is 1. The number of hydrogen-bond donors (Lipinski definition) is 2. The van der Waals surface area contributed by atoms with Crippen molar-refractivity contribution in [3.8, 4) is 5.75 Å². The predicted molar refractivity (Wildman–Crippen MR) is 72.2 cm³/mol. The molecular formula is C14H20N2O3. The van der Waals surface area contributed by atoms with Gasteiger partial charge in [-0.1, -0.05) is 26.0 Å². The quantitative estimate of drug-likeness (QED) is 0.820. The second-order valence-electron chi connectivity index (χ2n) is 4.90. The normalized spacial score (nSPS) is 18.3. The predicted octanol–water partition coefficient (Wildman–Crippen LogP) is 1.67. The van der Waals surface area contributed by atoms with E-state index in [1.165, 1.54) is 5.56 Å². The third-order valence-electron chi connectivity index (χ3n) is 2.82. The fraction of sp³-hybridized carbons (Fsp3) is 0.500. The molecule has 1 unspecified atom stereocenters. The van der Waals surface area contributed by atoms with Crippen molar-refractivity contribution in [2.45, 2.75) is 32.5 Å². The zero-order chi connectivity index (χ0) is 13.7. The number of rotatable bonds is 6. The number of benzene rings is 1. The summed E-state index contributed by atoms with van der Waals surface area (Å²) in [5.41, 5.74) is 1.22. The Morgan fingerprint density at radius 2 is 2.16 bits per heavy atom. The molecule has 5 nitrogen and oxygen atoms in total. The zero-order valence-corrected chi connectivity index (χ0v) is 11.3. The standard InChI is InChI=1S/C14H20N2O3/c1-10(2)15-7-11-3-5-12(6-4-11)18-9-13-8-16-14(17)19-13/h3-6,10,13,15H,7-9H2,1-2H3,(H,16,17). The number of hydrogen-bond acceptors (Lipinski definition) is 4. The summed E-state index contributed by atoms with van der Waals surface area (Å²) in [7, 11) is 0. The van der Waals surface area contributed by atoms with E-state index in [1.54, 1.807) is 0 Å². The molecule has 1 heterocycles. The number of ether oxygens (including phenoxy) is 2. The highest BCUT2D eigenvalue weighted by atomic mass is 16.6. The Morgan fingerprint density at radius 3 is 2.74 bits per heavy atom. The SMILES string of the molecule is CC(C)NCc1ccc(OCC2CNC(=O)O2)cc1. The van der Waals surface area contributed by atoms with Gasteiger partial charge in [0.05, 0.1) is 6.54 Å². The van der Waals surface area contributed by atoms with Crippen molar-refractivity contribution in [2.75, 3.05) is 13.2 Å². The summed E-state index contributed by atoms with van der Waals surface area (Å²) in [5.74, 6) is 0.788.